The SMILES string of the molecule is Cc1ccc(C#Cc2cc(F)c(-c3ccc4c(F)c(F)ccc4c3)c(F)c2)c(F)c1. The van der Waals surface area contributed by atoms with Gasteiger partial charge in [-0.05, 0) is 59.8 Å². The van der Waals surface area contributed by atoms with E-state index in [-0.39, 0.29) is 27.6 Å². The van der Waals surface area contributed by atoms with E-state index >= 15 is 0 Å². The molecular weight excluding hydrogens is 395 g/mol. The second-order valence-electron chi connectivity index (χ2n) is 6.85. The number of aryl methyl sites for hydroxylation is 1. The van der Waals surface area contributed by atoms with Gasteiger partial charge >= 0.3 is 0 Å². The fraction of sp³-hybridized carbons (Fsp3) is 0.0400. The van der Waals surface area contributed by atoms with Gasteiger partial charge in [-0.15, -0.1) is 0 Å². The molecule has 0 radical (unpaired) electrons. The van der Waals surface area contributed by atoms with E-state index in [0.29, 0.717) is 5.39 Å². The summed E-state index contributed by atoms with van der Waals surface area (Å²) in [5.41, 5.74) is 0.760. The third-order valence-electron chi connectivity index (χ3n) is 4.70. The van der Waals surface area contributed by atoms with Gasteiger partial charge in [0.05, 0.1) is 11.1 Å². The summed E-state index contributed by atoms with van der Waals surface area (Å²) < 4.78 is 70.4. The molecule has 0 aliphatic heterocycles. The molecule has 4 aromatic carbocycles. The summed E-state index contributed by atoms with van der Waals surface area (Å²) in [5.74, 6) is 0.861. The fourth-order valence-electron chi connectivity index (χ4n) is 3.20. The summed E-state index contributed by atoms with van der Waals surface area (Å²) in [6.07, 6.45) is 0. The Morgan fingerprint density at radius 1 is 0.633 bits per heavy atom. The van der Waals surface area contributed by atoms with Crippen LogP contribution in [0.25, 0.3) is 21.9 Å². The Morgan fingerprint density at radius 2 is 1.37 bits per heavy atom. The van der Waals surface area contributed by atoms with Crippen molar-refractivity contribution < 1.29 is 22.0 Å². The highest BCUT2D eigenvalue weighted by atomic mass is 19.2. The van der Waals surface area contributed by atoms with Crippen LogP contribution in [0.3, 0.4) is 0 Å². The van der Waals surface area contributed by atoms with Crippen molar-refractivity contribution in [2.75, 3.05) is 0 Å². The van der Waals surface area contributed by atoms with Gasteiger partial charge in [0.25, 0.3) is 0 Å². The van der Waals surface area contributed by atoms with E-state index in [0.717, 1.165) is 23.8 Å². The quantitative estimate of drug-likeness (QED) is 0.237. The average Bonchev–Trinajstić information content (AvgIpc) is 2.70. The van der Waals surface area contributed by atoms with E-state index < -0.39 is 29.1 Å². The van der Waals surface area contributed by atoms with Crippen molar-refractivity contribution in [1.82, 2.24) is 0 Å². The third-order valence-corrected chi connectivity index (χ3v) is 4.70. The number of hydrogen-bond donors (Lipinski definition) is 0. The first-order chi connectivity index (χ1) is 14.3. The highest BCUT2D eigenvalue weighted by Gasteiger charge is 2.15. The Bertz CT molecular complexity index is 1340. The van der Waals surface area contributed by atoms with Crippen LogP contribution in [0.1, 0.15) is 16.7 Å². The van der Waals surface area contributed by atoms with Crippen LogP contribution in [0.4, 0.5) is 22.0 Å². The fourth-order valence-corrected chi connectivity index (χ4v) is 3.20. The van der Waals surface area contributed by atoms with Crippen LogP contribution in [0.2, 0.25) is 0 Å². The molecule has 0 spiro atoms. The largest absolute Gasteiger partial charge is 0.206 e. The molecule has 0 aromatic heterocycles. The molecule has 0 saturated carbocycles. The molecule has 0 saturated heterocycles. The molecule has 148 valence electrons. The molecule has 0 fully saturated rings. The summed E-state index contributed by atoms with van der Waals surface area (Å²) in [5, 5.41) is 0.325. The normalized spacial score (nSPS) is 10.7. The summed E-state index contributed by atoms with van der Waals surface area (Å²) in [6.45, 7) is 1.74. The first-order valence-corrected chi connectivity index (χ1v) is 8.99. The van der Waals surface area contributed by atoms with Crippen LogP contribution in [0, 0.1) is 47.9 Å². The lowest BCUT2D eigenvalue weighted by Gasteiger charge is -2.08. The molecule has 5 heteroatoms. The predicted octanol–water partition coefficient (Wildman–Crippen LogP) is 6.91. The van der Waals surface area contributed by atoms with Gasteiger partial charge in [-0.25, -0.2) is 22.0 Å². The van der Waals surface area contributed by atoms with Gasteiger partial charge in [0.2, 0.25) is 0 Å². The molecular formula is C25H13F5. The molecule has 0 bridgehead atoms. The van der Waals surface area contributed by atoms with Crippen molar-refractivity contribution in [3.63, 3.8) is 0 Å². The zero-order valence-electron chi connectivity index (χ0n) is 15.7. The molecule has 0 N–H and O–H groups in total. The lowest BCUT2D eigenvalue weighted by molar-refractivity contribution is 0.517. The Morgan fingerprint density at radius 3 is 2.07 bits per heavy atom. The molecule has 4 aromatic rings. The standard InChI is InChI=1S/C25H13F5/c1-14-2-4-16(21(27)10-14)5-3-15-11-22(28)24(23(29)12-15)18-6-8-19-17(13-18)7-9-20(26)25(19)30/h2,4,6-13H,1H3. The number of benzene rings is 4. The van der Waals surface area contributed by atoms with Crippen molar-refractivity contribution in [1.29, 1.82) is 0 Å². The van der Waals surface area contributed by atoms with Crippen LogP contribution in [0.5, 0.6) is 0 Å². The number of rotatable bonds is 1. The van der Waals surface area contributed by atoms with Gasteiger partial charge in [0.15, 0.2) is 11.6 Å². The van der Waals surface area contributed by atoms with Crippen LogP contribution >= 0.6 is 0 Å². The van der Waals surface area contributed by atoms with Crippen molar-refractivity contribution in [3.05, 3.63) is 106 Å². The minimum absolute atomic E-state index is 0.0159. The van der Waals surface area contributed by atoms with Crippen molar-refractivity contribution >= 4 is 10.8 Å². The molecule has 0 nitrogen and oxygen atoms in total. The van der Waals surface area contributed by atoms with E-state index in [4.69, 9.17) is 0 Å². The summed E-state index contributed by atoms with van der Waals surface area (Å²) >= 11 is 0. The monoisotopic (exact) mass is 408 g/mol. The first-order valence-electron chi connectivity index (χ1n) is 8.99. The first kappa shape index (κ1) is 19.7. The van der Waals surface area contributed by atoms with E-state index in [1.54, 1.807) is 13.0 Å². The highest BCUT2D eigenvalue weighted by molar-refractivity contribution is 5.88. The summed E-state index contributed by atoms with van der Waals surface area (Å²) in [6, 6.07) is 12.9. The Hall–Kier alpha value is -3.65. The lowest BCUT2D eigenvalue weighted by atomic mass is 9.98. The summed E-state index contributed by atoms with van der Waals surface area (Å²) in [7, 11) is 0. The van der Waals surface area contributed by atoms with Gasteiger partial charge in [0.1, 0.15) is 17.5 Å². The maximum atomic E-state index is 14.7. The maximum absolute atomic E-state index is 14.7. The van der Waals surface area contributed by atoms with Gasteiger partial charge in [-0.3, -0.25) is 0 Å². The molecule has 0 aliphatic rings. The van der Waals surface area contributed by atoms with Crippen LogP contribution in [-0.2, 0) is 0 Å². The molecule has 4 rings (SSSR count). The van der Waals surface area contributed by atoms with Gasteiger partial charge in [-0.1, -0.05) is 36.1 Å². The van der Waals surface area contributed by atoms with Gasteiger partial charge < -0.3 is 0 Å². The average molecular weight is 408 g/mol. The van der Waals surface area contributed by atoms with Crippen molar-refractivity contribution in [2.24, 2.45) is 0 Å². The topological polar surface area (TPSA) is 0 Å². The number of hydrogen-bond acceptors (Lipinski definition) is 0. The second-order valence-corrected chi connectivity index (χ2v) is 6.85. The van der Waals surface area contributed by atoms with Crippen molar-refractivity contribution in [2.45, 2.75) is 6.92 Å². The lowest BCUT2D eigenvalue weighted by Crippen LogP contribution is -1.94. The predicted molar refractivity (Wildman–Crippen MR) is 106 cm³/mol. The molecule has 0 amide bonds. The van der Waals surface area contributed by atoms with Crippen LogP contribution in [0.15, 0.2) is 60.7 Å². The zero-order chi connectivity index (χ0) is 21.4. The van der Waals surface area contributed by atoms with E-state index in [1.807, 2.05) is 0 Å². The summed E-state index contributed by atoms with van der Waals surface area (Å²) in [4.78, 5) is 0. The van der Waals surface area contributed by atoms with E-state index in [9.17, 15) is 22.0 Å². The smallest absolute Gasteiger partial charge is 0.166 e. The third kappa shape index (κ3) is 3.65. The minimum Gasteiger partial charge on any atom is -0.206 e. The Labute approximate surface area is 169 Å². The maximum Gasteiger partial charge on any atom is 0.166 e. The minimum atomic E-state index is -1.02. The zero-order valence-corrected chi connectivity index (χ0v) is 15.7. The molecule has 0 atom stereocenters. The van der Waals surface area contributed by atoms with Gasteiger partial charge in [-0.2, -0.15) is 0 Å². The van der Waals surface area contributed by atoms with Crippen LogP contribution in [-0.4, -0.2) is 0 Å². The second kappa shape index (κ2) is 7.64. The molecule has 0 aliphatic carbocycles. The number of halogens is 5. The highest BCUT2D eigenvalue weighted by Crippen LogP contribution is 2.31. The molecule has 0 heterocycles. The molecule has 30 heavy (non-hydrogen) atoms. The molecule has 0 unspecified atom stereocenters. The van der Waals surface area contributed by atoms with Gasteiger partial charge in [0, 0.05) is 10.9 Å². The Balaban J connectivity index is 1.74. The van der Waals surface area contributed by atoms with Crippen molar-refractivity contribution in [3.8, 4) is 23.0 Å². The van der Waals surface area contributed by atoms with E-state index in [2.05, 4.69) is 11.8 Å². The Kier molecular flexibility index (Phi) is 5.01. The number of fused-ring (bicyclic) bond motifs is 1. The van der Waals surface area contributed by atoms with Crippen LogP contribution < -0.4 is 0 Å². The van der Waals surface area contributed by atoms with E-state index in [1.165, 1.54) is 36.4 Å².